The summed E-state index contributed by atoms with van der Waals surface area (Å²) in [5.74, 6) is -2.36. The van der Waals surface area contributed by atoms with Crippen LogP contribution >= 0.6 is 23.2 Å². The smallest absolute Gasteiger partial charge is 0.387 e. The van der Waals surface area contributed by atoms with Gasteiger partial charge < -0.3 is 25.2 Å². The molecule has 2 heterocycles. The Morgan fingerprint density at radius 3 is 2.45 bits per heavy atom. The first kappa shape index (κ1) is 29.3. The van der Waals surface area contributed by atoms with Crippen LogP contribution in [0.5, 0.6) is 11.5 Å². The number of pyridine rings is 1. The molecular weight excluding hydrogens is 599 g/mol. The third-order valence-electron chi connectivity index (χ3n) is 6.77. The van der Waals surface area contributed by atoms with E-state index in [-0.39, 0.29) is 68.4 Å². The van der Waals surface area contributed by atoms with Gasteiger partial charge in [0.25, 0.3) is 11.8 Å². The Hall–Kier alpha value is -4.16. The predicted octanol–water partition coefficient (Wildman–Crippen LogP) is 4.72. The van der Waals surface area contributed by atoms with Crippen LogP contribution < -0.4 is 19.9 Å². The van der Waals surface area contributed by atoms with E-state index in [0.29, 0.717) is 9.63 Å². The van der Waals surface area contributed by atoms with Gasteiger partial charge in [-0.05, 0) is 48.6 Å². The largest absolute Gasteiger partial charge is 0.619 e. The number of halogens is 4. The third-order valence-corrected chi connectivity index (χ3v) is 7.42. The number of hydrogen-bond acceptors (Lipinski definition) is 8. The molecule has 0 unspecified atom stereocenters. The molecule has 42 heavy (non-hydrogen) atoms. The molecule has 220 valence electrons. The van der Waals surface area contributed by atoms with Crippen molar-refractivity contribution in [3.05, 3.63) is 86.3 Å². The topological polar surface area (TPSA) is 135 Å². The summed E-state index contributed by atoms with van der Waals surface area (Å²) in [6.07, 6.45) is 2.69. The van der Waals surface area contributed by atoms with E-state index in [1.165, 1.54) is 36.4 Å². The Morgan fingerprint density at radius 1 is 1.10 bits per heavy atom. The van der Waals surface area contributed by atoms with Gasteiger partial charge in [0.1, 0.15) is 22.7 Å². The minimum Gasteiger partial charge on any atom is -0.619 e. The van der Waals surface area contributed by atoms with E-state index in [4.69, 9.17) is 38.4 Å². The van der Waals surface area contributed by atoms with E-state index < -0.39 is 37.0 Å². The molecule has 0 spiro atoms. The van der Waals surface area contributed by atoms with Crippen LogP contribution in [-0.4, -0.2) is 42.4 Å². The lowest BCUT2D eigenvalue weighted by Gasteiger charge is -2.22. The van der Waals surface area contributed by atoms with Crippen molar-refractivity contribution in [3.8, 4) is 11.5 Å². The number of amides is 2. The molecule has 1 aliphatic heterocycles. The number of carbonyl (C=O) groups is 3. The molecule has 2 amide bonds. The Kier molecular flexibility index (Phi) is 8.37. The van der Waals surface area contributed by atoms with E-state index in [9.17, 15) is 28.4 Å². The zero-order valence-electron chi connectivity index (χ0n) is 21.7. The quantitative estimate of drug-likeness (QED) is 0.107. The summed E-state index contributed by atoms with van der Waals surface area (Å²) >= 11 is 12.5. The zero-order valence-corrected chi connectivity index (χ0v) is 23.2. The molecule has 2 aliphatic rings. The predicted molar refractivity (Wildman–Crippen MR) is 145 cm³/mol. The van der Waals surface area contributed by atoms with Gasteiger partial charge in [-0.15, -0.1) is 0 Å². The molecule has 1 atom stereocenters. The van der Waals surface area contributed by atoms with Gasteiger partial charge in [-0.3, -0.25) is 19.3 Å². The van der Waals surface area contributed by atoms with E-state index in [1.54, 1.807) is 0 Å². The Morgan fingerprint density at radius 2 is 1.81 bits per heavy atom. The van der Waals surface area contributed by atoms with Crippen LogP contribution in [0.3, 0.4) is 0 Å². The van der Waals surface area contributed by atoms with Crippen molar-refractivity contribution < 1.29 is 42.1 Å². The monoisotopic (exact) mass is 621 g/mol. The summed E-state index contributed by atoms with van der Waals surface area (Å²) in [5, 5.41) is 11.7. The molecule has 5 rings (SSSR count). The Balaban J connectivity index is 1.44. The van der Waals surface area contributed by atoms with Gasteiger partial charge in [0.05, 0.1) is 17.7 Å². The Bertz CT molecular complexity index is 1550. The van der Waals surface area contributed by atoms with Gasteiger partial charge in [-0.1, -0.05) is 35.3 Å². The van der Waals surface area contributed by atoms with E-state index in [0.717, 1.165) is 25.2 Å². The second-order valence-electron chi connectivity index (χ2n) is 9.78. The SMILES string of the molecule is Nc1cccc2c1C(=O)N(CC(=O)O[C@@H](Cc1c(Cl)c[n+]([O-])cc1Cl)c1ccc(OC(F)F)c(OCC3CC3)c1)C2=O. The maximum atomic E-state index is 13.2. The first-order valence-electron chi connectivity index (χ1n) is 12.7. The van der Waals surface area contributed by atoms with Crippen molar-refractivity contribution >= 4 is 46.7 Å². The number of hydrogen-bond donors (Lipinski definition) is 1. The lowest BCUT2D eigenvalue weighted by atomic mass is 10.0. The summed E-state index contributed by atoms with van der Waals surface area (Å²) in [6.45, 7) is -3.57. The fraction of sp³-hybridized carbons (Fsp3) is 0.286. The molecule has 10 nitrogen and oxygen atoms in total. The highest BCUT2D eigenvalue weighted by atomic mass is 35.5. The summed E-state index contributed by atoms with van der Waals surface area (Å²) in [5.41, 5.74) is 6.55. The lowest BCUT2D eigenvalue weighted by molar-refractivity contribution is -0.605. The first-order valence-corrected chi connectivity index (χ1v) is 13.5. The number of ether oxygens (including phenoxy) is 3. The van der Waals surface area contributed by atoms with Crippen molar-refractivity contribution in [2.75, 3.05) is 18.9 Å². The van der Waals surface area contributed by atoms with Crippen LogP contribution in [0.25, 0.3) is 0 Å². The van der Waals surface area contributed by atoms with E-state index in [1.807, 2.05) is 0 Å². The number of carbonyl (C=O) groups excluding carboxylic acids is 3. The van der Waals surface area contributed by atoms with Gasteiger partial charge >= 0.3 is 12.6 Å². The number of nitrogen functional groups attached to an aromatic ring is 1. The molecule has 1 aromatic heterocycles. The summed E-state index contributed by atoms with van der Waals surface area (Å²) < 4.78 is 42.6. The maximum absolute atomic E-state index is 13.2. The van der Waals surface area contributed by atoms with Crippen molar-refractivity contribution in [2.45, 2.75) is 32.0 Å². The molecule has 1 saturated carbocycles. The van der Waals surface area contributed by atoms with Crippen LogP contribution in [-0.2, 0) is 16.0 Å². The molecule has 2 N–H and O–H groups in total. The molecule has 0 radical (unpaired) electrons. The van der Waals surface area contributed by atoms with Crippen molar-refractivity contribution in [1.29, 1.82) is 0 Å². The second-order valence-corrected chi connectivity index (χ2v) is 10.6. The van der Waals surface area contributed by atoms with Gasteiger partial charge in [0.15, 0.2) is 23.9 Å². The number of nitrogens with two attached hydrogens (primary N) is 1. The maximum Gasteiger partial charge on any atom is 0.387 e. The van der Waals surface area contributed by atoms with E-state index >= 15 is 0 Å². The lowest BCUT2D eigenvalue weighted by Crippen LogP contribution is -2.36. The standard InChI is InChI=1S/C28H23Cl2F2N3O7/c29-18-10-34(39)11-19(30)17(18)9-22(15-6-7-21(42-28(31)32)23(8-15)40-13-14-4-5-14)41-24(36)12-35-26(37)16-2-1-3-20(33)25(16)27(35)38/h1-3,6-8,10-11,14,22,28H,4-5,9,12-13,33H2/t22-/m0/s1. The van der Waals surface area contributed by atoms with Crippen molar-refractivity contribution in [1.82, 2.24) is 4.90 Å². The number of nitrogens with zero attached hydrogens (tertiary/aromatic N) is 2. The average Bonchev–Trinajstić information content (AvgIpc) is 3.72. The molecule has 0 saturated heterocycles. The van der Waals surface area contributed by atoms with Gasteiger partial charge in [0, 0.05) is 17.7 Å². The molecule has 1 fully saturated rings. The van der Waals surface area contributed by atoms with Gasteiger partial charge in [0.2, 0.25) is 0 Å². The molecule has 1 aliphatic carbocycles. The summed E-state index contributed by atoms with van der Waals surface area (Å²) in [6, 6.07) is 8.43. The summed E-state index contributed by atoms with van der Waals surface area (Å²) in [7, 11) is 0. The van der Waals surface area contributed by atoms with Crippen LogP contribution in [0.15, 0.2) is 48.8 Å². The minimum atomic E-state index is -3.11. The second kappa shape index (κ2) is 12.0. The number of rotatable bonds is 11. The molecule has 3 aromatic rings. The molecule has 2 aromatic carbocycles. The molecule has 14 heteroatoms. The van der Waals surface area contributed by atoms with Crippen LogP contribution in [0.4, 0.5) is 14.5 Å². The highest BCUT2D eigenvalue weighted by Gasteiger charge is 2.39. The third kappa shape index (κ3) is 6.34. The normalized spacial score (nSPS) is 15.1. The zero-order chi connectivity index (χ0) is 30.1. The number of benzene rings is 2. The molecular formula is C28H23Cl2F2N3O7. The van der Waals surface area contributed by atoms with Crippen molar-refractivity contribution in [3.63, 3.8) is 0 Å². The number of esters is 1. The number of anilines is 1. The average molecular weight is 622 g/mol. The van der Waals surface area contributed by atoms with Gasteiger partial charge in [-0.25, -0.2) is 0 Å². The highest BCUT2D eigenvalue weighted by molar-refractivity contribution is 6.35. The van der Waals surface area contributed by atoms with Crippen LogP contribution in [0.2, 0.25) is 10.0 Å². The summed E-state index contributed by atoms with van der Waals surface area (Å²) in [4.78, 5) is 39.6. The number of aromatic nitrogens is 1. The highest BCUT2D eigenvalue weighted by Crippen LogP contribution is 2.38. The van der Waals surface area contributed by atoms with Crippen molar-refractivity contribution in [2.24, 2.45) is 5.92 Å². The number of fused-ring (bicyclic) bond motifs is 1. The minimum absolute atomic E-state index is 0.000715. The van der Waals surface area contributed by atoms with Crippen LogP contribution in [0.1, 0.15) is 50.8 Å². The van der Waals surface area contributed by atoms with E-state index in [2.05, 4.69) is 4.74 Å². The van der Waals surface area contributed by atoms with Gasteiger partial charge in [-0.2, -0.15) is 13.5 Å². The fourth-order valence-corrected chi connectivity index (χ4v) is 5.09. The number of alkyl halides is 2. The first-order chi connectivity index (χ1) is 20.0. The fourth-order valence-electron chi connectivity index (χ4n) is 4.49. The Labute approximate surface area is 248 Å². The molecule has 0 bridgehead atoms. The van der Waals surface area contributed by atoms with Crippen LogP contribution in [0, 0.1) is 11.1 Å². The number of imide groups is 1.